The van der Waals surface area contributed by atoms with Crippen LogP contribution in [-0.4, -0.2) is 76.0 Å². The largest absolute Gasteiger partial charge is 0.356 e. The molecular weight excluding hydrogens is 338 g/mol. The molecule has 6 heteroatoms. The number of nitrogens with zero attached hydrogens (tertiary/aromatic N) is 3. The fraction of sp³-hybridized carbons (Fsp3) is 0.619. The summed E-state index contributed by atoms with van der Waals surface area (Å²) >= 11 is 0. The molecule has 0 spiro atoms. The van der Waals surface area contributed by atoms with Gasteiger partial charge in [0.05, 0.1) is 0 Å². The summed E-state index contributed by atoms with van der Waals surface area (Å²) in [4.78, 5) is 20.3. The standard InChI is InChI=1S/C21H37N5O/c1-16(2)13-19(25(4)5)15-24-21(22-3)23-12-11-17-9-8-10-18(14-17)20(27)26(6)7/h8-10,14,16,19H,11-13,15H2,1-7H3,(H2,22,23,24). The Kier molecular flexibility index (Phi) is 9.86. The molecular formula is C21H37N5O. The third-order valence-corrected chi connectivity index (χ3v) is 4.49. The average Bonchev–Trinajstić information content (AvgIpc) is 2.62. The molecule has 1 aromatic carbocycles. The summed E-state index contributed by atoms with van der Waals surface area (Å²) in [5.74, 6) is 1.50. The Morgan fingerprint density at radius 3 is 2.41 bits per heavy atom. The number of benzene rings is 1. The van der Waals surface area contributed by atoms with E-state index in [2.05, 4.69) is 54.5 Å². The van der Waals surface area contributed by atoms with Crippen LogP contribution in [0.15, 0.2) is 29.3 Å². The third kappa shape index (κ3) is 8.43. The summed E-state index contributed by atoms with van der Waals surface area (Å²) in [6, 6.07) is 8.28. The summed E-state index contributed by atoms with van der Waals surface area (Å²) < 4.78 is 0. The van der Waals surface area contributed by atoms with Crippen molar-refractivity contribution in [3.8, 4) is 0 Å². The van der Waals surface area contributed by atoms with E-state index in [-0.39, 0.29) is 5.91 Å². The molecule has 0 aliphatic rings. The van der Waals surface area contributed by atoms with Crippen LogP contribution in [0.2, 0.25) is 0 Å². The van der Waals surface area contributed by atoms with Gasteiger partial charge in [-0.2, -0.15) is 0 Å². The highest BCUT2D eigenvalue weighted by molar-refractivity contribution is 5.94. The fourth-order valence-corrected chi connectivity index (χ4v) is 2.90. The second kappa shape index (κ2) is 11.6. The number of likely N-dealkylation sites (N-methyl/N-ethyl adjacent to an activating group) is 1. The van der Waals surface area contributed by atoms with Crippen LogP contribution in [0.25, 0.3) is 0 Å². The topological polar surface area (TPSA) is 60.0 Å². The van der Waals surface area contributed by atoms with Gasteiger partial charge in [0, 0.05) is 45.8 Å². The lowest BCUT2D eigenvalue weighted by Gasteiger charge is -2.27. The van der Waals surface area contributed by atoms with E-state index in [0.29, 0.717) is 12.0 Å². The number of aliphatic imine (C=N–C) groups is 1. The molecule has 0 heterocycles. The summed E-state index contributed by atoms with van der Waals surface area (Å²) in [5, 5.41) is 6.79. The van der Waals surface area contributed by atoms with Crippen LogP contribution < -0.4 is 10.6 Å². The minimum absolute atomic E-state index is 0.0298. The molecule has 0 fully saturated rings. The first-order valence-corrected chi connectivity index (χ1v) is 9.66. The van der Waals surface area contributed by atoms with E-state index in [4.69, 9.17) is 0 Å². The number of nitrogens with one attached hydrogen (secondary N) is 2. The van der Waals surface area contributed by atoms with E-state index in [0.717, 1.165) is 43.0 Å². The predicted octanol–water partition coefficient (Wildman–Crippen LogP) is 2.07. The maximum Gasteiger partial charge on any atom is 0.253 e. The molecule has 0 aliphatic heterocycles. The molecule has 1 atom stereocenters. The molecule has 27 heavy (non-hydrogen) atoms. The fourth-order valence-electron chi connectivity index (χ4n) is 2.90. The number of guanidine groups is 1. The first-order chi connectivity index (χ1) is 12.7. The maximum absolute atomic E-state index is 12.1. The Morgan fingerprint density at radius 2 is 1.85 bits per heavy atom. The number of amides is 1. The van der Waals surface area contributed by atoms with E-state index in [1.807, 2.05) is 18.2 Å². The van der Waals surface area contributed by atoms with Crippen LogP contribution in [0.1, 0.15) is 36.2 Å². The van der Waals surface area contributed by atoms with Crippen LogP contribution >= 0.6 is 0 Å². The van der Waals surface area contributed by atoms with Gasteiger partial charge in [-0.1, -0.05) is 26.0 Å². The first-order valence-electron chi connectivity index (χ1n) is 9.66. The monoisotopic (exact) mass is 375 g/mol. The van der Waals surface area contributed by atoms with Gasteiger partial charge in [0.1, 0.15) is 0 Å². The van der Waals surface area contributed by atoms with E-state index < -0.39 is 0 Å². The van der Waals surface area contributed by atoms with Gasteiger partial charge >= 0.3 is 0 Å². The van der Waals surface area contributed by atoms with Crippen molar-refractivity contribution in [2.45, 2.75) is 32.7 Å². The van der Waals surface area contributed by atoms with Gasteiger partial charge in [0.2, 0.25) is 0 Å². The van der Waals surface area contributed by atoms with E-state index in [1.54, 1.807) is 26.0 Å². The molecule has 0 bridgehead atoms. The van der Waals surface area contributed by atoms with Crippen molar-refractivity contribution >= 4 is 11.9 Å². The molecule has 0 saturated heterocycles. The number of rotatable bonds is 9. The lowest BCUT2D eigenvalue weighted by atomic mass is 10.0. The summed E-state index contributed by atoms with van der Waals surface area (Å²) in [5.41, 5.74) is 1.86. The zero-order valence-corrected chi connectivity index (χ0v) is 18.0. The summed E-state index contributed by atoms with van der Waals surface area (Å²) in [6.45, 7) is 6.12. The first kappa shape index (κ1) is 23.0. The van der Waals surface area contributed by atoms with E-state index >= 15 is 0 Å². The molecule has 1 unspecified atom stereocenters. The SMILES string of the molecule is CN=C(NCCc1cccc(C(=O)N(C)C)c1)NCC(CC(C)C)N(C)C. The Hall–Kier alpha value is -2.08. The van der Waals surface area contributed by atoms with Crippen molar-refractivity contribution < 1.29 is 4.79 Å². The van der Waals surface area contributed by atoms with Crippen LogP contribution in [0.4, 0.5) is 0 Å². The quantitative estimate of drug-likeness (QED) is 0.512. The lowest BCUT2D eigenvalue weighted by molar-refractivity contribution is 0.0827. The van der Waals surface area contributed by atoms with Crippen LogP contribution in [0.5, 0.6) is 0 Å². The van der Waals surface area contributed by atoms with Crippen LogP contribution in [0.3, 0.4) is 0 Å². The van der Waals surface area contributed by atoms with Crippen LogP contribution in [0, 0.1) is 5.92 Å². The van der Waals surface area contributed by atoms with E-state index in [9.17, 15) is 4.79 Å². The Bertz CT molecular complexity index is 610. The number of carbonyl (C=O) groups excluding carboxylic acids is 1. The van der Waals surface area contributed by atoms with Crippen molar-refractivity contribution in [2.75, 3.05) is 48.3 Å². The van der Waals surface area contributed by atoms with Crippen molar-refractivity contribution in [2.24, 2.45) is 10.9 Å². The number of hydrogen-bond acceptors (Lipinski definition) is 3. The zero-order chi connectivity index (χ0) is 20.4. The maximum atomic E-state index is 12.1. The van der Waals surface area contributed by atoms with Gasteiger partial charge in [-0.05, 0) is 50.6 Å². The predicted molar refractivity (Wildman–Crippen MR) is 114 cm³/mol. The van der Waals surface area contributed by atoms with Crippen molar-refractivity contribution in [3.63, 3.8) is 0 Å². The molecule has 0 aromatic heterocycles. The van der Waals surface area contributed by atoms with Crippen LogP contribution in [-0.2, 0) is 6.42 Å². The summed E-state index contributed by atoms with van der Waals surface area (Å²) in [7, 11) is 9.57. The Labute approximate surface area is 165 Å². The molecule has 0 saturated carbocycles. The molecule has 1 amide bonds. The Morgan fingerprint density at radius 1 is 1.15 bits per heavy atom. The number of hydrogen-bond donors (Lipinski definition) is 2. The average molecular weight is 376 g/mol. The second-order valence-electron chi connectivity index (χ2n) is 7.78. The molecule has 0 aliphatic carbocycles. The van der Waals surface area contributed by atoms with Gasteiger partial charge in [0.15, 0.2) is 5.96 Å². The minimum Gasteiger partial charge on any atom is -0.356 e. The molecule has 6 nitrogen and oxygen atoms in total. The smallest absolute Gasteiger partial charge is 0.253 e. The van der Waals surface area contributed by atoms with Crippen molar-refractivity contribution in [1.29, 1.82) is 0 Å². The van der Waals surface area contributed by atoms with Crippen molar-refractivity contribution in [1.82, 2.24) is 20.4 Å². The molecule has 152 valence electrons. The Balaban J connectivity index is 2.52. The highest BCUT2D eigenvalue weighted by Crippen LogP contribution is 2.09. The third-order valence-electron chi connectivity index (χ3n) is 4.49. The van der Waals surface area contributed by atoms with Gasteiger partial charge in [-0.15, -0.1) is 0 Å². The molecule has 1 rings (SSSR count). The molecule has 1 aromatic rings. The second-order valence-corrected chi connectivity index (χ2v) is 7.78. The van der Waals surface area contributed by atoms with E-state index in [1.165, 1.54) is 0 Å². The number of carbonyl (C=O) groups is 1. The summed E-state index contributed by atoms with van der Waals surface area (Å²) in [6.07, 6.45) is 1.97. The lowest BCUT2D eigenvalue weighted by Crippen LogP contribution is -2.45. The van der Waals surface area contributed by atoms with Gasteiger partial charge in [0.25, 0.3) is 5.91 Å². The molecule has 0 radical (unpaired) electrons. The molecule has 2 N–H and O–H groups in total. The van der Waals surface area contributed by atoms with Gasteiger partial charge in [-0.3, -0.25) is 9.79 Å². The highest BCUT2D eigenvalue weighted by atomic mass is 16.2. The van der Waals surface area contributed by atoms with Gasteiger partial charge < -0.3 is 20.4 Å². The highest BCUT2D eigenvalue weighted by Gasteiger charge is 2.14. The minimum atomic E-state index is 0.0298. The normalized spacial score (nSPS) is 13.0. The zero-order valence-electron chi connectivity index (χ0n) is 18.0. The van der Waals surface area contributed by atoms with Gasteiger partial charge in [-0.25, -0.2) is 0 Å². The van der Waals surface area contributed by atoms with Crippen molar-refractivity contribution in [3.05, 3.63) is 35.4 Å².